The average molecular weight is 507 g/mol. The second-order valence-electron chi connectivity index (χ2n) is 9.39. The van der Waals surface area contributed by atoms with E-state index < -0.39 is 0 Å². The number of carbonyl (C=O) groups is 1. The summed E-state index contributed by atoms with van der Waals surface area (Å²) in [6.45, 7) is 14.2. The van der Waals surface area contributed by atoms with Crippen molar-refractivity contribution in [3.63, 3.8) is 0 Å². The van der Waals surface area contributed by atoms with Gasteiger partial charge in [0.25, 0.3) is 0 Å². The van der Waals surface area contributed by atoms with E-state index in [-0.39, 0.29) is 36.8 Å². The maximum Gasteiger partial charge on any atom is 0.230 e. The van der Waals surface area contributed by atoms with Gasteiger partial charge in [-0.15, -0.1) is 0 Å². The van der Waals surface area contributed by atoms with Crippen LogP contribution in [-0.2, 0) is 4.79 Å². The molecule has 2 aromatic rings. The molecule has 1 atom stereocenters. The third-order valence-electron chi connectivity index (χ3n) is 6.26. The molecule has 3 rings (SSSR count). The van der Waals surface area contributed by atoms with Crippen molar-refractivity contribution < 1.29 is 9.18 Å². The zero-order valence-corrected chi connectivity index (χ0v) is 21.9. The quantitative estimate of drug-likeness (QED) is 0.391. The van der Waals surface area contributed by atoms with Crippen LogP contribution in [-0.4, -0.2) is 65.8 Å². The largest absolute Gasteiger partial charge is 0.404 e. The Morgan fingerprint density at radius 1 is 1.46 bits per heavy atom. The number of benzene rings is 1. The van der Waals surface area contributed by atoms with E-state index in [1.54, 1.807) is 36.5 Å². The Morgan fingerprint density at radius 2 is 2.24 bits per heavy atom. The normalized spacial score (nSPS) is 16.2. The predicted octanol–water partition coefficient (Wildman–Crippen LogP) is 4.18. The lowest BCUT2D eigenvalue weighted by atomic mass is 10.0. The molecule has 0 unspecified atom stereocenters. The van der Waals surface area contributed by atoms with Gasteiger partial charge in [-0.1, -0.05) is 0 Å². The number of aryl methyl sites for hydroxylation is 1. The van der Waals surface area contributed by atoms with Crippen LogP contribution in [0.3, 0.4) is 0 Å². The van der Waals surface area contributed by atoms with Crippen LogP contribution in [0.5, 0.6) is 0 Å². The summed E-state index contributed by atoms with van der Waals surface area (Å²) >= 11 is 0. The molecule has 1 amide bonds. The molecule has 10 heteroatoms. The molecule has 1 aliphatic rings. The number of hydrogen-bond donors (Lipinski definition) is 2. The van der Waals surface area contributed by atoms with E-state index in [4.69, 9.17) is 12.3 Å². The summed E-state index contributed by atoms with van der Waals surface area (Å²) in [7, 11) is 1.76. The number of hydrogen-bond acceptors (Lipinski definition) is 7. The van der Waals surface area contributed by atoms with Gasteiger partial charge in [-0.2, -0.15) is 0 Å². The minimum absolute atomic E-state index is 0.0207. The number of carbonyl (C=O) groups excluding carboxylic acids is 1. The van der Waals surface area contributed by atoms with Crippen molar-refractivity contribution in [3.05, 3.63) is 59.1 Å². The number of aliphatic imine (C=N–C) groups is 1. The first-order valence-electron chi connectivity index (χ1n) is 12.4. The molecule has 1 fully saturated rings. The molecule has 0 bridgehead atoms. The van der Waals surface area contributed by atoms with Crippen LogP contribution in [0.2, 0.25) is 0 Å². The van der Waals surface area contributed by atoms with Crippen LogP contribution < -0.4 is 16.0 Å². The molecule has 1 aliphatic heterocycles. The number of halogens is 1. The van der Waals surface area contributed by atoms with E-state index >= 15 is 4.39 Å². The number of likely N-dealkylation sites (N-methyl/N-ethyl adjacent to an activating group) is 1. The van der Waals surface area contributed by atoms with Crippen LogP contribution in [0.4, 0.5) is 21.7 Å². The second kappa shape index (κ2) is 12.8. The molecule has 1 aromatic carbocycles. The van der Waals surface area contributed by atoms with E-state index in [1.165, 1.54) is 12.3 Å². The van der Waals surface area contributed by atoms with E-state index in [2.05, 4.69) is 25.1 Å². The van der Waals surface area contributed by atoms with Gasteiger partial charge in [0, 0.05) is 62.1 Å². The molecule has 3 N–H and O–H groups in total. The highest BCUT2D eigenvalue weighted by atomic mass is 19.1. The third kappa shape index (κ3) is 7.26. The first kappa shape index (κ1) is 27.6. The number of nitrogens with one attached hydrogen (secondary N) is 1. The number of nitrogens with zero attached hydrogens (tertiary/aromatic N) is 6. The van der Waals surface area contributed by atoms with E-state index in [9.17, 15) is 4.79 Å². The van der Waals surface area contributed by atoms with Crippen molar-refractivity contribution in [1.29, 1.82) is 0 Å². The highest BCUT2D eigenvalue weighted by molar-refractivity contribution is 6.09. The Labute approximate surface area is 218 Å². The van der Waals surface area contributed by atoms with E-state index in [1.807, 2.05) is 25.7 Å². The van der Waals surface area contributed by atoms with Crippen LogP contribution in [0, 0.1) is 19.3 Å². The number of piperidine rings is 1. The Kier molecular flexibility index (Phi) is 9.55. The van der Waals surface area contributed by atoms with Gasteiger partial charge in [-0.05, 0) is 57.4 Å². The first-order valence-corrected chi connectivity index (χ1v) is 12.4. The fraction of sp³-hybridized carbons (Fsp3) is 0.444. The Bertz CT molecular complexity index is 1200. The molecular weight excluding hydrogens is 471 g/mol. The van der Waals surface area contributed by atoms with Crippen LogP contribution in [0.1, 0.15) is 44.4 Å². The van der Waals surface area contributed by atoms with Gasteiger partial charge in [-0.25, -0.2) is 20.9 Å². The zero-order chi connectivity index (χ0) is 26.9. The Balaban J connectivity index is 1.74. The maximum atomic E-state index is 15.2. The molecule has 0 radical (unpaired) electrons. The fourth-order valence-corrected chi connectivity index (χ4v) is 4.20. The van der Waals surface area contributed by atoms with Crippen LogP contribution in [0.25, 0.3) is 10.4 Å². The lowest BCUT2D eigenvalue weighted by molar-refractivity contribution is -0.131. The van der Waals surface area contributed by atoms with Crippen molar-refractivity contribution in [3.8, 4) is 0 Å². The smallest absolute Gasteiger partial charge is 0.230 e. The summed E-state index contributed by atoms with van der Waals surface area (Å²) in [5.41, 5.74) is 8.99. The van der Waals surface area contributed by atoms with Crippen molar-refractivity contribution in [2.75, 3.05) is 36.9 Å². The predicted molar refractivity (Wildman–Crippen MR) is 146 cm³/mol. The van der Waals surface area contributed by atoms with E-state index in [0.29, 0.717) is 41.7 Å². The van der Waals surface area contributed by atoms with Gasteiger partial charge in [0.2, 0.25) is 18.4 Å². The summed E-state index contributed by atoms with van der Waals surface area (Å²) in [5, 5.41) is 3.08. The van der Waals surface area contributed by atoms with Crippen molar-refractivity contribution in [2.24, 2.45) is 10.7 Å². The van der Waals surface area contributed by atoms with Gasteiger partial charge < -0.3 is 25.7 Å². The Morgan fingerprint density at radius 3 is 2.92 bits per heavy atom. The molecule has 0 saturated carbocycles. The number of anilines is 3. The van der Waals surface area contributed by atoms with Crippen molar-refractivity contribution >= 4 is 35.0 Å². The fourth-order valence-electron chi connectivity index (χ4n) is 4.20. The highest BCUT2D eigenvalue weighted by Crippen LogP contribution is 2.28. The molecule has 2 heterocycles. The lowest BCUT2D eigenvalue weighted by Gasteiger charge is -2.38. The standard InChI is InChI=1S/C27H35FN8O/c1-18(2)31-16-20(14-29)26-19(3)15-32-27(34-26)33-21-8-9-24(23(28)13-21)36-12-6-7-22(17-36)35(5)25(37)10-11-30-4/h8-9,13-16,18,22H,6-7,10-12,17,29H2,1-3,5H3,(H,32,33,34)/t22-/m0/s1. The first-order chi connectivity index (χ1) is 17.7. The summed E-state index contributed by atoms with van der Waals surface area (Å²) in [4.78, 5) is 32.6. The minimum Gasteiger partial charge on any atom is -0.404 e. The average Bonchev–Trinajstić information content (AvgIpc) is 2.88. The summed E-state index contributed by atoms with van der Waals surface area (Å²) in [6, 6.07) is 5.04. The van der Waals surface area contributed by atoms with Crippen molar-refractivity contribution in [2.45, 2.75) is 52.1 Å². The van der Waals surface area contributed by atoms with Crippen LogP contribution in [0.15, 0.2) is 35.6 Å². The molecule has 9 nitrogen and oxygen atoms in total. The lowest BCUT2D eigenvalue weighted by Crippen LogP contribution is -2.49. The number of amides is 1. The molecule has 196 valence electrons. The topological polar surface area (TPSA) is 104 Å². The summed E-state index contributed by atoms with van der Waals surface area (Å²) in [5.74, 6) is -0.0994. The monoisotopic (exact) mass is 506 g/mol. The van der Waals surface area contributed by atoms with E-state index in [0.717, 1.165) is 18.4 Å². The molecule has 37 heavy (non-hydrogen) atoms. The molecular formula is C27H35FN8O. The number of allylic oxidation sites excluding steroid dienone is 1. The number of aromatic nitrogens is 2. The second-order valence-corrected chi connectivity index (χ2v) is 9.39. The Hall–Kier alpha value is -4.00. The summed E-state index contributed by atoms with van der Waals surface area (Å²) < 4.78 is 15.2. The summed E-state index contributed by atoms with van der Waals surface area (Å²) in [6.07, 6.45) is 6.75. The SMILES string of the molecule is [C-]#[N+]CCC(=O)N(C)[C@H]1CCCN(c2ccc(Nc3ncc(C)c(C(C=NC(C)C)=CN)n3)cc2F)C1. The van der Waals surface area contributed by atoms with Crippen LogP contribution >= 0.6 is 0 Å². The van der Waals surface area contributed by atoms with Crippen molar-refractivity contribution in [1.82, 2.24) is 14.9 Å². The van der Waals surface area contributed by atoms with Gasteiger partial charge in [0.1, 0.15) is 5.82 Å². The highest BCUT2D eigenvalue weighted by Gasteiger charge is 2.27. The van der Waals surface area contributed by atoms with Gasteiger partial charge >= 0.3 is 0 Å². The van der Waals surface area contributed by atoms with Gasteiger partial charge in [0.15, 0.2) is 0 Å². The molecule has 1 aromatic heterocycles. The van der Waals surface area contributed by atoms with Gasteiger partial charge in [-0.3, -0.25) is 9.79 Å². The molecule has 0 aliphatic carbocycles. The molecule has 1 saturated heterocycles. The van der Waals surface area contributed by atoms with Gasteiger partial charge in [0.05, 0.1) is 17.8 Å². The number of rotatable bonds is 9. The molecule has 0 spiro atoms. The minimum atomic E-state index is -0.369. The number of nitrogens with two attached hydrogens (primary N) is 1. The zero-order valence-electron chi connectivity index (χ0n) is 21.9. The maximum absolute atomic E-state index is 15.2. The third-order valence-corrected chi connectivity index (χ3v) is 6.26.